The molecule has 1 atom stereocenters. The van der Waals surface area contributed by atoms with Gasteiger partial charge in [0.2, 0.25) is 5.91 Å². The van der Waals surface area contributed by atoms with Crippen LogP contribution in [0.1, 0.15) is 12.5 Å². The number of methoxy groups -OCH3 is 1. The van der Waals surface area contributed by atoms with Gasteiger partial charge in [0, 0.05) is 49.0 Å². The van der Waals surface area contributed by atoms with Crippen molar-refractivity contribution in [2.45, 2.75) is 19.5 Å². The Morgan fingerprint density at radius 1 is 1.10 bits per heavy atom. The number of urea groups is 1. The first-order valence-corrected chi connectivity index (χ1v) is 10.3. The maximum Gasteiger partial charge on any atom is 0.318 e. The molecule has 2 aromatic carbocycles. The third kappa shape index (κ3) is 5.57. The molecule has 30 heavy (non-hydrogen) atoms. The van der Waals surface area contributed by atoms with Gasteiger partial charge in [0.15, 0.2) is 0 Å². The fourth-order valence-electron chi connectivity index (χ4n) is 3.37. The Labute approximate surface area is 181 Å². The van der Waals surface area contributed by atoms with Crippen molar-refractivity contribution in [1.29, 1.82) is 0 Å². The number of nitrogens with one attached hydrogen (secondary N) is 2. The van der Waals surface area contributed by atoms with Crippen molar-refractivity contribution in [3.05, 3.63) is 59.1 Å². The summed E-state index contributed by atoms with van der Waals surface area (Å²) in [5.41, 5.74) is 1.93. The van der Waals surface area contributed by atoms with Crippen LogP contribution in [-0.4, -0.2) is 56.2 Å². The van der Waals surface area contributed by atoms with E-state index in [4.69, 9.17) is 16.3 Å². The van der Waals surface area contributed by atoms with Crippen molar-refractivity contribution in [2.75, 3.05) is 38.2 Å². The summed E-state index contributed by atoms with van der Waals surface area (Å²) in [7, 11) is 1.59. The number of halogens is 1. The molecule has 1 saturated heterocycles. The molecule has 1 unspecified atom stereocenters. The van der Waals surface area contributed by atoms with Crippen LogP contribution in [0.4, 0.5) is 10.5 Å². The minimum Gasteiger partial charge on any atom is -0.496 e. The van der Waals surface area contributed by atoms with Gasteiger partial charge < -0.3 is 25.2 Å². The molecule has 2 aromatic rings. The smallest absolute Gasteiger partial charge is 0.318 e. The lowest BCUT2D eigenvalue weighted by Crippen LogP contribution is -2.55. The van der Waals surface area contributed by atoms with Crippen LogP contribution in [0.25, 0.3) is 0 Å². The highest BCUT2D eigenvalue weighted by Gasteiger charge is 2.24. The quantitative estimate of drug-likeness (QED) is 0.739. The van der Waals surface area contributed by atoms with Gasteiger partial charge in [0.25, 0.3) is 0 Å². The molecule has 3 rings (SSSR count). The Kier molecular flexibility index (Phi) is 7.41. The molecular weight excluding hydrogens is 404 g/mol. The molecule has 3 amide bonds. The lowest BCUT2D eigenvalue weighted by atomic mass is 10.2. The molecule has 1 heterocycles. The van der Waals surface area contributed by atoms with Crippen molar-refractivity contribution in [1.82, 2.24) is 15.5 Å². The van der Waals surface area contributed by atoms with E-state index < -0.39 is 6.04 Å². The van der Waals surface area contributed by atoms with Gasteiger partial charge in [0.05, 0.1) is 7.11 Å². The third-order valence-electron chi connectivity index (χ3n) is 5.12. The number of rotatable bonds is 6. The van der Waals surface area contributed by atoms with E-state index >= 15 is 0 Å². The van der Waals surface area contributed by atoms with Gasteiger partial charge in [0.1, 0.15) is 11.8 Å². The Hall–Kier alpha value is -2.93. The van der Waals surface area contributed by atoms with E-state index in [0.29, 0.717) is 43.5 Å². The number of anilines is 1. The summed E-state index contributed by atoms with van der Waals surface area (Å²) in [6.07, 6.45) is 0. The first kappa shape index (κ1) is 21.8. The van der Waals surface area contributed by atoms with Crippen LogP contribution in [0.5, 0.6) is 5.75 Å². The summed E-state index contributed by atoms with van der Waals surface area (Å²) < 4.78 is 5.29. The van der Waals surface area contributed by atoms with Gasteiger partial charge in [-0.05, 0) is 31.2 Å². The lowest BCUT2D eigenvalue weighted by molar-refractivity contribution is -0.122. The fourth-order valence-corrected chi connectivity index (χ4v) is 3.55. The molecule has 0 radical (unpaired) electrons. The molecule has 1 fully saturated rings. The molecule has 1 aliphatic rings. The highest BCUT2D eigenvalue weighted by Crippen LogP contribution is 2.21. The number of ether oxygens (including phenoxy) is 1. The molecule has 7 nitrogen and oxygen atoms in total. The van der Waals surface area contributed by atoms with Crippen molar-refractivity contribution in [3.8, 4) is 5.75 Å². The molecule has 0 spiro atoms. The molecule has 160 valence electrons. The Morgan fingerprint density at radius 2 is 1.83 bits per heavy atom. The summed E-state index contributed by atoms with van der Waals surface area (Å²) >= 11 is 6.07. The van der Waals surface area contributed by atoms with Crippen LogP contribution < -0.4 is 20.3 Å². The van der Waals surface area contributed by atoms with Crippen LogP contribution in [0.3, 0.4) is 0 Å². The second-order valence-corrected chi connectivity index (χ2v) is 7.59. The van der Waals surface area contributed by atoms with Crippen LogP contribution in [0, 0.1) is 0 Å². The zero-order valence-electron chi connectivity index (χ0n) is 17.2. The SMILES string of the molecule is COc1ccccc1CNC(=O)C(C)NC(=O)N1CCN(c2cccc(Cl)c2)CC1. The van der Waals surface area contributed by atoms with Gasteiger partial charge in [-0.1, -0.05) is 35.9 Å². The van der Waals surface area contributed by atoms with Crippen molar-refractivity contribution < 1.29 is 14.3 Å². The van der Waals surface area contributed by atoms with Gasteiger partial charge >= 0.3 is 6.03 Å². The molecule has 0 bridgehead atoms. The number of piperazine rings is 1. The number of benzene rings is 2. The van der Waals surface area contributed by atoms with E-state index in [-0.39, 0.29) is 11.9 Å². The first-order valence-electron chi connectivity index (χ1n) is 9.93. The van der Waals surface area contributed by atoms with E-state index in [1.54, 1.807) is 18.9 Å². The van der Waals surface area contributed by atoms with E-state index in [1.807, 2.05) is 48.5 Å². The third-order valence-corrected chi connectivity index (χ3v) is 5.35. The van der Waals surface area contributed by atoms with Crippen molar-refractivity contribution in [3.63, 3.8) is 0 Å². The minimum atomic E-state index is -0.641. The minimum absolute atomic E-state index is 0.235. The van der Waals surface area contributed by atoms with Crippen molar-refractivity contribution >= 4 is 29.2 Å². The molecule has 0 aromatic heterocycles. The predicted molar refractivity (Wildman–Crippen MR) is 118 cm³/mol. The largest absolute Gasteiger partial charge is 0.496 e. The Balaban J connectivity index is 1.45. The Bertz CT molecular complexity index is 884. The topological polar surface area (TPSA) is 73.9 Å². The zero-order valence-corrected chi connectivity index (χ0v) is 18.0. The van der Waals surface area contributed by atoms with Crippen LogP contribution >= 0.6 is 11.6 Å². The summed E-state index contributed by atoms with van der Waals surface area (Å²) in [6, 6.07) is 14.3. The number of nitrogens with zero attached hydrogens (tertiary/aromatic N) is 2. The second kappa shape index (κ2) is 10.2. The van der Waals surface area contributed by atoms with E-state index in [2.05, 4.69) is 15.5 Å². The average molecular weight is 431 g/mol. The van der Waals surface area contributed by atoms with E-state index in [0.717, 1.165) is 11.3 Å². The average Bonchev–Trinajstić information content (AvgIpc) is 2.77. The first-order chi connectivity index (χ1) is 14.5. The number of hydrogen-bond donors (Lipinski definition) is 2. The summed E-state index contributed by atoms with van der Waals surface area (Å²) in [4.78, 5) is 28.9. The number of para-hydroxylation sites is 1. The summed E-state index contributed by atoms with van der Waals surface area (Å²) in [5.74, 6) is 0.471. The van der Waals surface area contributed by atoms with Gasteiger partial charge in [-0.2, -0.15) is 0 Å². The predicted octanol–water partition coefficient (Wildman–Crippen LogP) is 2.89. The maximum atomic E-state index is 12.6. The van der Waals surface area contributed by atoms with Crippen LogP contribution in [0.2, 0.25) is 5.02 Å². The maximum absolute atomic E-state index is 12.6. The molecule has 1 aliphatic heterocycles. The highest BCUT2D eigenvalue weighted by molar-refractivity contribution is 6.30. The summed E-state index contributed by atoms with van der Waals surface area (Å²) in [5, 5.41) is 6.32. The van der Waals surface area contributed by atoms with Crippen LogP contribution in [-0.2, 0) is 11.3 Å². The zero-order chi connectivity index (χ0) is 21.5. The van der Waals surface area contributed by atoms with Gasteiger partial charge in [-0.3, -0.25) is 4.79 Å². The molecule has 2 N–H and O–H groups in total. The molecular formula is C22H27ClN4O3. The number of amides is 3. The van der Waals surface area contributed by atoms with E-state index in [1.165, 1.54) is 0 Å². The van der Waals surface area contributed by atoms with Crippen molar-refractivity contribution in [2.24, 2.45) is 0 Å². The monoisotopic (exact) mass is 430 g/mol. The van der Waals surface area contributed by atoms with Gasteiger partial charge in [-0.15, -0.1) is 0 Å². The molecule has 0 saturated carbocycles. The Morgan fingerprint density at radius 3 is 2.53 bits per heavy atom. The second-order valence-electron chi connectivity index (χ2n) is 7.15. The number of carbonyl (C=O) groups is 2. The highest BCUT2D eigenvalue weighted by atomic mass is 35.5. The van der Waals surface area contributed by atoms with Gasteiger partial charge in [-0.25, -0.2) is 4.79 Å². The number of carbonyl (C=O) groups excluding carboxylic acids is 2. The fraction of sp³-hybridized carbons (Fsp3) is 0.364. The molecule has 8 heteroatoms. The lowest BCUT2D eigenvalue weighted by Gasteiger charge is -2.36. The molecule has 0 aliphatic carbocycles. The van der Waals surface area contributed by atoms with E-state index in [9.17, 15) is 9.59 Å². The number of hydrogen-bond acceptors (Lipinski definition) is 4. The normalized spacial score (nSPS) is 14.8. The standard InChI is InChI=1S/C22H27ClN4O3/c1-16(21(28)24-15-17-6-3-4-9-20(17)30-2)25-22(29)27-12-10-26(11-13-27)19-8-5-7-18(23)14-19/h3-9,14,16H,10-13,15H2,1-2H3,(H,24,28)(H,25,29). The summed E-state index contributed by atoms with van der Waals surface area (Å²) in [6.45, 7) is 4.59. The van der Waals surface area contributed by atoms with Crippen LogP contribution in [0.15, 0.2) is 48.5 Å².